The third-order valence-corrected chi connectivity index (χ3v) is 7.30. The van der Waals surface area contributed by atoms with Crippen molar-refractivity contribution in [2.75, 3.05) is 11.3 Å². The number of aryl methyl sites for hydroxylation is 1. The minimum atomic E-state index is -3.90. The summed E-state index contributed by atoms with van der Waals surface area (Å²) in [6, 6.07) is 12.9. The average Bonchev–Trinajstić information content (AvgIpc) is 3.37. The van der Waals surface area contributed by atoms with Crippen LogP contribution >= 0.6 is 11.3 Å². The molecule has 2 aromatic heterocycles. The summed E-state index contributed by atoms with van der Waals surface area (Å²) in [5.74, 6) is -0.773. The maximum Gasteiger partial charge on any atom is 0.263 e. The van der Waals surface area contributed by atoms with Gasteiger partial charge >= 0.3 is 0 Å². The van der Waals surface area contributed by atoms with E-state index in [4.69, 9.17) is 0 Å². The summed E-state index contributed by atoms with van der Waals surface area (Å²) in [4.78, 5) is 15.7. The van der Waals surface area contributed by atoms with E-state index in [0.29, 0.717) is 24.2 Å². The van der Waals surface area contributed by atoms with E-state index >= 15 is 0 Å². The highest BCUT2D eigenvalue weighted by Gasteiger charge is 2.24. The molecule has 2 heterocycles. The van der Waals surface area contributed by atoms with E-state index < -0.39 is 15.9 Å². The Kier molecular flexibility index (Phi) is 5.79. The van der Waals surface area contributed by atoms with E-state index in [1.54, 1.807) is 41.9 Å². The number of H-pyrrole nitrogens is 1. The molecule has 6 nitrogen and oxygen atoms in total. The molecule has 0 radical (unpaired) electrons. The molecule has 0 aliphatic rings. The van der Waals surface area contributed by atoms with Gasteiger partial charge in [-0.2, -0.15) is 0 Å². The highest BCUT2D eigenvalue weighted by Crippen LogP contribution is 2.25. The number of carbonyl (C=O) groups excluding carboxylic acids is 1. The van der Waals surface area contributed by atoms with Crippen molar-refractivity contribution in [3.8, 4) is 0 Å². The summed E-state index contributed by atoms with van der Waals surface area (Å²) in [6.07, 6.45) is 2.30. The molecule has 0 unspecified atom stereocenters. The number of sulfonamides is 1. The number of aromatic nitrogens is 1. The normalized spacial score (nSPS) is 11.5. The van der Waals surface area contributed by atoms with Gasteiger partial charge in [-0.1, -0.05) is 17.7 Å². The van der Waals surface area contributed by atoms with Crippen molar-refractivity contribution in [2.24, 2.45) is 0 Å². The topological polar surface area (TPSA) is 91.1 Å². The van der Waals surface area contributed by atoms with Gasteiger partial charge in [-0.25, -0.2) is 12.8 Å². The van der Waals surface area contributed by atoms with E-state index in [-0.39, 0.29) is 15.6 Å². The lowest BCUT2D eigenvalue weighted by Gasteiger charge is -2.09. The Morgan fingerprint density at radius 1 is 1.13 bits per heavy atom. The molecule has 0 atom stereocenters. The van der Waals surface area contributed by atoms with Crippen LogP contribution in [0.1, 0.15) is 20.8 Å². The number of aromatic amines is 1. The van der Waals surface area contributed by atoms with Crippen molar-refractivity contribution in [3.63, 3.8) is 0 Å². The summed E-state index contributed by atoms with van der Waals surface area (Å²) < 4.78 is 41.4. The summed E-state index contributed by atoms with van der Waals surface area (Å²) in [5.41, 5.74) is 3.07. The SMILES string of the molecule is Cc1ccc(NS(=O)(=O)c2ccsc2C(=O)NCCc2c[nH]c3cc(F)ccc23)cc1. The molecule has 1 amide bonds. The molecule has 4 aromatic rings. The fourth-order valence-electron chi connectivity index (χ4n) is 3.26. The molecule has 0 spiro atoms. The molecule has 0 aliphatic carbocycles. The zero-order valence-corrected chi connectivity index (χ0v) is 18.2. The number of rotatable bonds is 7. The first-order valence-corrected chi connectivity index (χ1v) is 11.9. The van der Waals surface area contributed by atoms with Crippen LogP contribution in [0, 0.1) is 12.7 Å². The fourth-order valence-corrected chi connectivity index (χ4v) is 5.67. The number of anilines is 1. The molecular weight excluding hydrogens is 437 g/mol. The number of amides is 1. The quantitative estimate of drug-likeness (QED) is 0.383. The summed E-state index contributed by atoms with van der Waals surface area (Å²) in [5, 5.41) is 5.24. The second-order valence-electron chi connectivity index (χ2n) is 7.10. The fraction of sp³-hybridized carbons (Fsp3) is 0.136. The Labute approximate surface area is 183 Å². The van der Waals surface area contributed by atoms with Crippen LogP contribution in [0.3, 0.4) is 0 Å². The molecule has 0 saturated heterocycles. The lowest BCUT2D eigenvalue weighted by molar-refractivity contribution is 0.0955. The van der Waals surface area contributed by atoms with Gasteiger partial charge in [-0.15, -0.1) is 11.3 Å². The van der Waals surface area contributed by atoms with E-state index in [1.165, 1.54) is 18.2 Å². The summed E-state index contributed by atoms with van der Waals surface area (Å²) in [7, 11) is -3.90. The average molecular weight is 458 g/mol. The van der Waals surface area contributed by atoms with Crippen LogP contribution in [0.25, 0.3) is 10.9 Å². The van der Waals surface area contributed by atoms with Crippen molar-refractivity contribution in [2.45, 2.75) is 18.2 Å². The monoisotopic (exact) mass is 457 g/mol. The number of hydrogen-bond acceptors (Lipinski definition) is 4. The zero-order chi connectivity index (χ0) is 22.0. The van der Waals surface area contributed by atoms with E-state index in [9.17, 15) is 17.6 Å². The van der Waals surface area contributed by atoms with Crippen LogP contribution in [0.15, 0.2) is 65.0 Å². The molecule has 160 valence electrons. The van der Waals surface area contributed by atoms with Crippen LogP contribution in [-0.4, -0.2) is 25.9 Å². The Hall–Kier alpha value is -3.17. The second kappa shape index (κ2) is 8.52. The van der Waals surface area contributed by atoms with Crippen LogP contribution in [0.4, 0.5) is 10.1 Å². The number of nitrogens with one attached hydrogen (secondary N) is 3. The Morgan fingerprint density at radius 2 is 1.90 bits per heavy atom. The Morgan fingerprint density at radius 3 is 2.68 bits per heavy atom. The molecule has 2 aromatic carbocycles. The van der Waals surface area contributed by atoms with Gasteiger partial charge in [0, 0.05) is 29.3 Å². The molecule has 0 fully saturated rings. The lowest BCUT2D eigenvalue weighted by atomic mass is 10.1. The number of hydrogen-bond donors (Lipinski definition) is 3. The van der Waals surface area contributed by atoms with Gasteiger partial charge in [0.15, 0.2) is 0 Å². The predicted molar refractivity (Wildman–Crippen MR) is 121 cm³/mol. The number of fused-ring (bicyclic) bond motifs is 1. The van der Waals surface area contributed by atoms with Gasteiger partial charge in [0.2, 0.25) is 0 Å². The molecule has 0 saturated carbocycles. The molecule has 0 aliphatic heterocycles. The maximum absolute atomic E-state index is 13.3. The molecule has 3 N–H and O–H groups in total. The van der Waals surface area contributed by atoms with Crippen molar-refractivity contribution in [1.82, 2.24) is 10.3 Å². The number of halogens is 1. The number of carbonyl (C=O) groups is 1. The second-order valence-corrected chi connectivity index (χ2v) is 9.66. The third-order valence-electron chi connectivity index (χ3n) is 4.84. The van der Waals surface area contributed by atoms with Gasteiger partial charge in [-0.3, -0.25) is 9.52 Å². The minimum Gasteiger partial charge on any atom is -0.361 e. The van der Waals surface area contributed by atoms with Gasteiger partial charge in [-0.05, 0) is 60.7 Å². The van der Waals surface area contributed by atoms with Gasteiger partial charge in [0.1, 0.15) is 15.6 Å². The first-order valence-electron chi connectivity index (χ1n) is 9.54. The highest BCUT2D eigenvalue weighted by molar-refractivity contribution is 7.93. The predicted octanol–water partition coefficient (Wildman–Crippen LogP) is 4.45. The zero-order valence-electron chi connectivity index (χ0n) is 16.6. The number of benzene rings is 2. The van der Waals surface area contributed by atoms with Crippen molar-refractivity contribution in [1.29, 1.82) is 0 Å². The molecule has 31 heavy (non-hydrogen) atoms. The van der Waals surface area contributed by atoms with Crippen LogP contribution < -0.4 is 10.0 Å². The highest BCUT2D eigenvalue weighted by atomic mass is 32.2. The largest absolute Gasteiger partial charge is 0.361 e. The van der Waals surface area contributed by atoms with Crippen molar-refractivity contribution in [3.05, 3.63) is 81.9 Å². The summed E-state index contributed by atoms with van der Waals surface area (Å²) in [6.45, 7) is 2.22. The Bertz CT molecular complexity index is 1340. The van der Waals surface area contributed by atoms with Crippen LogP contribution in [0.2, 0.25) is 0 Å². The van der Waals surface area contributed by atoms with Crippen molar-refractivity contribution < 1.29 is 17.6 Å². The van der Waals surface area contributed by atoms with E-state index in [0.717, 1.165) is 27.8 Å². The third kappa shape index (κ3) is 4.62. The summed E-state index contributed by atoms with van der Waals surface area (Å²) >= 11 is 1.07. The molecule has 0 bridgehead atoms. The van der Waals surface area contributed by atoms with Gasteiger partial charge in [0.05, 0.1) is 0 Å². The van der Waals surface area contributed by atoms with Crippen molar-refractivity contribution >= 4 is 43.9 Å². The van der Waals surface area contributed by atoms with Crippen LogP contribution in [0.5, 0.6) is 0 Å². The van der Waals surface area contributed by atoms with E-state index in [1.807, 2.05) is 6.92 Å². The molecular formula is C22H20FN3O3S2. The van der Waals surface area contributed by atoms with Gasteiger partial charge in [0.25, 0.3) is 15.9 Å². The van der Waals surface area contributed by atoms with Crippen LogP contribution in [-0.2, 0) is 16.4 Å². The van der Waals surface area contributed by atoms with Gasteiger partial charge < -0.3 is 10.3 Å². The minimum absolute atomic E-state index is 0.0573. The number of thiophene rings is 1. The maximum atomic E-state index is 13.3. The smallest absolute Gasteiger partial charge is 0.263 e. The lowest BCUT2D eigenvalue weighted by Crippen LogP contribution is -2.27. The standard InChI is InChI=1S/C22H20FN3O3S2/c1-14-2-5-17(6-3-14)26-31(28,29)20-9-11-30-21(20)22(27)24-10-8-15-13-25-19-12-16(23)4-7-18(15)19/h2-7,9,11-13,25-26H,8,10H2,1H3,(H,24,27). The molecule has 9 heteroatoms. The van der Waals surface area contributed by atoms with E-state index in [2.05, 4.69) is 15.0 Å². The first-order chi connectivity index (χ1) is 14.8. The first kappa shape index (κ1) is 21.1. The Balaban J connectivity index is 1.43. The molecule has 4 rings (SSSR count).